The number of rotatable bonds is 5. The number of nitrogens with zero attached hydrogens (tertiary/aromatic N) is 3. The Morgan fingerprint density at radius 3 is 2.97 bits per heavy atom. The van der Waals surface area contributed by atoms with Crippen molar-refractivity contribution in [3.63, 3.8) is 0 Å². The van der Waals surface area contributed by atoms with E-state index in [-0.39, 0.29) is 12.3 Å². The number of aromatic nitrogens is 3. The maximum Gasteiger partial charge on any atom is 0.184 e. The fourth-order valence-electron chi connectivity index (χ4n) is 4.11. The predicted molar refractivity (Wildman–Crippen MR) is 118 cm³/mol. The van der Waals surface area contributed by atoms with Crippen LogP contribution >= 0.6 is 11.5 Å². The van der Waals surface area contributed by atoms with Gasteiger partial charge in [-0.15, -0.1) is 0 Å². The van der Waals surface area contributed by atoms with Crippen LogP contribution in [0, 0.1) is 13.8 Å². The van der Waals surface area contributed by atoms with Crippen LogP contribution in [-0.4, -0.2) is 26.3 Å². The van der Waals surface area contributed by atoms with Crippen molar-refractivity contribution in [2.75, 3.05) is 11.9 Å². The zero-order valence-corrected chi connectivity index (χ0v) is 17.3. The zero-order chi connectivity index (χ0) is 20.0. The number of hydrogen-bond donors (Lipinski definition) is 1. The van der Waals surface area contributed by atoms with E-state index in [2.05, 4.69) is 49.6 Å². The number of hydrogen-bond acceptors (Lipinski definition) is 5. The molecule has 146 valence electrons. The van der Waals surface area contributed by atoms with E-state index in [9.17, 15) is 4.79 Å². The highest BCUT2D eigenvalue weighted by Crippen LogP contribution is 2.30. The van der Waals surface area contributed by atoms with Gasteiger partial charge in [0.2, 0.25) is 0 Å². The Bertz CT molecular complexity index is 1240. The van der Waals surface area contributed by atoms with Crippen molar-refractivity contribution in [3.8, 4) is 10.6 Å². The maximum atomic E-state index is 13.1. The lowest BCUT2D eigenvalue weighted by atomic mass is 10.0. The van der Waals surface area contributed by atoms with E-state index in [1.165, 1.54) is 22.6 Å². The Morgan fingerprint density at radius 1 is 1.24 bits per heavy atom. The highest BCUT2D eigenvalue weighted by atomic mass is 32.1. The third-order valence-electron chi connectivity index (χ3n) is 5.58. The number of benzene rings is 2. The van der Waals surface area contributed by atoms with E-state index < -0.39 is 0 Å². The van der Waals surface area contributed by atoms with Crippen LogP contribution in [0.3, 0.4) is 0 Å². The van der Waals surface area contributed by atoms with Gasteiger partial charge in [0.15, 0.2) is 5.78 Å². The molecule has 5 rings (SSSR count). The van der Waals surface area contributed by atoms with Gasteiger partial charge in [0.25, 0.3) is 0 Å². The second-order valence-corrected chi connectivity index (χ2v) is 8.36. The van der Waals surface area contributed by atoms with Crippen molar-refractivity contribution in [1.82, 2.24) is 13.9 Å². The van der Waals surface area contributed by atoms with Gasteiger partial charge in [-0.25, -0.2) is 4.98 Å². The van der Waals surface area contributed by atoms with Gasteiger partial charge in [0.05, 0.1) is 12.1 Å². The molecule has 1 aliphatic rings. The van der Waals surface area contributed by atoms with E-state index in [0.29, 0.717) is 0 Å². The number of anilines is 1. The SMILES string of the molecule is Cc1nsc(-c2ccc(C)c(NCC(=O)c3cn4c5c(cccc35)CCC4)c2)n1. The summed E-state index contributed by atoms with van der Waals surface area (Å²) in [7, 11) is 0. The number of para-hydroxylation sites is 1. The van der Waals surface area contributed by atoms with Crippen molar-refractivity contribution >= 4 is 33.9 Å². The summed E-state index contributed by atoms with van der Waals surface area (Å²) in [6.07, 6.45) is 4.25. The molecule has 2 aromatic heterocycles. The molecule has 0 aliphatic carbocycles. The van der Waals surface area contributed by atoms with Crippen LogP contribution in [0.2, 0.25) is 0 Å². The van der Waals surface area contributed by atoms with Gasteiger partial charge in [-0.1, -0.05) is 30.3 Å². The molecule has 5 nitrogen and oxygen atoms in total. The molecule has 0 unspecified atom stereocenters. The molecule has 0 amide bonds. The molecule has 0 saturated carbocycles. The van der Waals surface area contributed by atoms with Crippen molar-refractivity contribution < 1.29 is 4.79 Å². The fourth-order valence-corrected chi connectivity index (χ4v) is 4.77. The molecule has 0 saturated heterocycles. The highest BCUT2D eigenvalue weighted by Gasteiger charge is 2.19. The van der Waals surface area contributed by atoms with E-state index in [4.69, 9.17) is 0 Å². The predicted octanol–water partition coefficient (Wildman–Crippen LogP) is 5.02. The van der Waals surface area contributed by atoms with Crippen LogP contribution in [-0.2, 0) is 13.0 Å². The van der Waals surface area contributed by atoms with E-state index in [0.717, 1.165) is 58.0 Å². The minimum absolute atomic E-state index is 0.115. The molecule has 4 aromatic rings. The molecule has 0 bridgehead atoms. The maximum absolute atomic E-state index is 13.1. The van der Waals surface area contributed by atoms with Crippen molar-refractivity contribution in [2.24, 2.45) is 0 Å². The van der Waals surface area contributed by atoms with Crippen LogP contribution in [0.5, 0.6) is 0 Å². The molecular weight excluding hydrogens is 380 g/mol. The average Bonchev–Trinajstić information content (AvgIpc) is 3.33. The van der Waals surface area contributed by atoms with Gasteiger partial charge >= 0.3 is 0 Å². The normalized spacial score (nSPS) is 13.0. The molecule has 1 aliphatic heterocycles. The zero-order valence-electron chi connectivity index (χ0n) is 16.5. The monoisotopic (exact) mass is 402 g/mol. The quantitative estimate of drug-likeness (QED) is 0.476. The number of ketones is 1. The molecule has 6 heteroatoms. The number of nitrogens with one attached hydrogen (secondary N) is 1. The minimum Gasteiger partial charge on any atom is -0.377 e. The van der Waals surface area contributed by atoms with Crippen LogP contribution in [0.15, 0.2) is 42.6 Å². The Hall–Kier alpha value is -2.99. The molecule has 3 heterocycles. The first kappa shape index (κ1) is 18.1. The number of carbonyl (C=O) groups excluding carboxylic acids is 1. The second-order valence-electron chi connectivity index (χ2n) is 7.61. The molecule has 0 radical (unpaired) electrons. The molecule has 1 N–H and O–H groups in total. The van der Waals surface area contributed by atoms with Crippen LogP contribution in [0.4, 0.5) is 5.69 Å². The number of aryl methyl sites for hydroxylation is 4. The second kappa shape index (κ2) is 7.12. The Balaban J connectivity index is 1.40. The summed E-state index contributed by atoms with van der Waals surface area (Å²) in [4.78, 5) is 17.5. The van der Waals surface area contributed by atoms with Gasteiger partial charge in [-0.2, -0.15) is 4.37 Å². The average molecular weight is 403 g/mol. The topological polar surface area (TPSA) is 59.8 Å². The summed E-state index contributed by atoms with van der Waals surface area (Å²) in [6, 6.07) is 12.5. The van der Waals surface area contributed by atoms with E-state index in [1.807, 2.05) is 26.1 Å². The van der Waals surface area contributed by atoms with Crippen molar-refractivity contribution in [3.05, 3.63) is 65.1 Å². The van der Waals surface area contributed by atoms with Gasteiger partial charge < -0.3 is 9.88 Å². The van der Waals surface area contributed by atoms with Gasteiger partial charge in [-0.05, 0) is 55.4 Å². The first-order chi connectivity index (χ1) is 14.1. The smallest absolute Gasteiger partial charge is 0.184 e. The highest BCUT2D eigenvalue weighted by molar-refractivity contribution is 7.09. The summed E-state index contributed by atoms with van der Waals surface area (Å²) in [5.41, 5.74) is 6.46. The summed E-state index contributed by atoms with van der Waals surface area (Å²) in [5, 5.41) is 5.32. The van der Waals surface area contributed by atoms with Crippen LogP contribution in [0.1, 0.15) is 33.7 Å². The molecule has 0 atom stereocenters. The Kier molecular flexibility index (Phi) is 4.43. The third-order valence-corrected chi connectivity index (χ3v) is 6.43. The van der Waals surface area contributed by atoms with Gasteiger partial charge in [0, 0.05) is 34.9 Å². The summed E-state index contributed by atoms with van der Waals surface area (Å²) in [5.74, 6) is 0.896. The number of carbonyl (C=O) groups is 1. The van der Waals surface area contributed by atoms with E-state index in [1.54, 1.807) is 0 Å². The van der Waals surface area contributed by atoms with Crippen molar-refractivity contribution in [2.45, 2.75) is 33.2 Å². The standard InChI is InChI=1S/C23H22N4OS/c1-14-8-9-17(23-25-15(2)26-29-23)11-20(14)24-12-21(28)19-13-27-10-4-6-16-5-3-7-18(19)22(16)27/h3,5,7-9,11,13,24H,4,6,10,12H2,1-2H3. The Morgan fingerprint density at radius 2 is 2.14 bits per heavy atom. The molecule has 0 fully saturated rings. The van der Waals surface area contributed by atoms with Crippen molar-refractivity contribution in [1.29, 1.82) is 0 Å². The van der Waals surface area contributed by atoms with Crippen LogP contribution < -0.4 is 5.32 Å². The summed E-state index contributed by atoms with van der Waals surface area (Å²) < 4.78 is 6.51. The van der Waals surface area contributed by atoms with Crippen LogP contribution in [0.25, 0.3) is 21.5 Å². The molecule has 2 aromatic carbocycles. The first-order valence-electron chi connectivity index (χ1n) is 9.89. The largest absolute Gasteiger partial charge is 0.377 e. The summed E-state index contributed by atoms with van der Waals surface area (Å²) in [6.45, 7) is 5.19. The lowest BCUT2D eigenvalue weighted by Gasteiger charge is -2.14. The lowest BCUT2D eigenvalue weighted by Crippen LogP contribution is -2.14. The van der Waals surface area contributed by atoms with Gasteiger partial charge in [0.1, 0.15) is 10.8 Å². The molecule has 29 heavy (non-hydrogen) atoms. The fraction of sp³-hybridized carbons (Fsp3) is 0.261. The first-order valence-corrected chi connectivity index (χ1v) is 10.7. The Labute approximate surface area is 173 Å². The lowest BCUT2D eigenvalue weighted by molar-refractivity contribution is 0.101. The molecular formula is C23H22N4OS. The molecule has 0 spiro atoms. The third kappa shape index (κ3) is 3.23. The number of Topliss-reactive ketones (excluding diaryl/α,β-unsaturated/α-hetero) is 1. The van der Waals surface area contributed by atoms with E-state index >= 15 is 0 Å². The minimum atomic E-state index is 0.115. The van der Waals surface area contributed by atoms with Gasteiger partial charge in [-0.3, -0.25) is 4.79 Å². The summed E-state index contributed by atoms with van der Waals surface area (Å²) >= 11 is 1.39.